The molecule has 0 aromatic heterocycles. The minimum absolute atomic E-state index is 0. The van der Waals surface area contributed by atoms with Crippen LogP contribution < -0.4 is 15.4 Å². The maximum absolute atomic E-state index is 5.67. The summed E-state index contributed by atoms with van der Waals surface area (Å²) in [4.78, 5) is 6.48. The van der Waals surface area contributed by atoms with Gasteiger partial charge < -0.3 is 25.0 Å². The highest BCUT2D eigenvalue weighted by Gasteiger charge is 2.00. The van der Waals surface area contributed by atoms with Gasteiger partial charge in [-0.2, -0.15) is 0 Å². The first-order valence-electron chi connectivity index (χ1n) is 8.16. The van der Waals surface area contributed by atoms with Gasteiger partial charge in [0, 0.05) is 44.9 Å². The first kappa shape index (κ1) is 24.4. The number of benzene rings is 1. The van der Waals surface area contributed by atoms with Crippen LogP contribution in [0, 0.1) is 0 Å². The molecule has 0 aliphatic rings. The van der Waals surface area contributed by atoms with Gasteiger partial charge in [0.15, 0.2) is 5.96 Å². The molecule has 0 bridgehead atoms. The van der Waals surface area contributed by atoms with Crippen molar-refractivity contribution in [3.8, 4) is 5.75 Å². The van der Waals surface area contributed by atoms with Gasteiger partial charge in [-0.15, -0.1) is 24.0 Å². The molecule has 144 valence electrons. The Bertz CT molecular complexity index is 474. The number of rotatable bonds is 11. The summed E-state index contributed by atoms with van der Waals surface area (Å²) >= 11 is 3.41. The Morgan fingerprint density at radius 2 is 1.80 bits per heavy atom. The first-order chi connectivity index (χ1) is 11.7. The summed E-state index contributed by atoms with van der Waals surface area (Å²) in [7, 11) is 5.62. The third kappa shape index (κ3) is 12.4. The van der Waals surface area contributed by atoms with Gasteiger partial charge in [-0.3, -0.25) is 4.99 Å². The molecule has 1 aromatic rings. The Balaban J connectivity index is 0.00000576. The Labute approximate surface area is 176 Å². The minimum atomic E-state index is 0. The number of nitrogens with one attached hydrogen (secondary N) is 2. The second-order valence-corrected chi connectivity index (χ2v) is 6.29. The molecular formula is C17H30BrIN4O2. The minimum Gasteiger partial charge on any atom is -0.492 e. The molecule has 0 heterocycles. The van der Waals surface area contributed by atoms with Crippen LogP contribution in [0.2, 0.25) is 0 Å². The molecule has 6 nitrogen and oxygen atoms in total. The maximum Gasteiger partial charge on any atom is 0.191 e. The molecule has 0 fully saturated rings. The van der Waals surface area contributed by atoms with Crippen molar-refractivity contribution < 1.29 is 9.47 Å². The lowest BCUT2D eigenvalue weighted by atomic mass is 10.3. The van der Waals surface area contributed by atoms with Gasteiger partial charge in [0.1, 0.15) is 12.4 Å². The van der Waals surface area contributed by atoms with Crippen LogP contribution in [0.5, 0.6) is 5.75 Å². The molecule has 2 N–H and O–H groups in total. The molecule has 1 rings (SSSR count). The first-order valence-corrected chi connectivity index (χ1v) is 8.95. The van der Waals surface area contributed by atoms with Crippen molar-refractivity contribution in [2.45, 2.75) is 6.42 Å². The summed E-state index contributed by atoms with van der Waals surface area (Å²) in [6.07, 6.45) is 1.05. The number of nitrogens with zero attached hydrogens (tertiary/aromatic N) is 2. The quantitative estimate of drug-likeness (QED) is 0.200. The summed E-state index contributed by atoms with van der Waals surface area (Å²) in [5, 5.41) is 6.54. The lowest BCUT2D eigenvalue weighted by Crippen LogP contribution is -2.42. The smallest absolute Gasteiger partial charge is 0.191 e. The Morgan fingerprint density at radius 3 is 2.44 bits per heavy atom. The van der Waals surface area contributed by atoms with Crippen LogP contribution in [0.1, 0.15) is 6.42 Å². The van der Waals surface area contributed by atoms with Gasteiger partial charge >= 0.3 is 0 Å². The van der Waals surface area contributed by atoms with E-state index in [9.17, 15) is 0 Å². The van der Waals surface area contributed by atoms with E-state index in [-0.39, 0.29) is 24.0 Å². The van der Waals surface area contributed by atoms with Crippen molar-refractivity contribution in [2.75, 3.05) is 60.6 Å². The summed E-state index contributed by atoms with van der Waals surface area (Å²) in [6.45, 7) is 4.91. The third-order valence-corrected chi connectivity index (χ3v) is 3.90. The van der Waals surface area contributed by atoms with Crippen molar-refractivity contribution in [3.05, 3.63) is 28.7 Å². The molecule has 8 heteroatoms. The standard InChI is InChI=1S/C17H29BrN4O2.HI/c1-19-17(20-9-12-22(2)11-4-13-23-3)21-10-14-24-16-7-5-15(18)6-8-16;/h5-8H,4,9-14H2,1-3H3,(H2,19,20,21);1H. The van der Waals surface area contributed by atoms with E-state index < -0.39 is 0 Å². The van der Waals surface area contributed by atoms with E-state index in [1.165, 1.54) is 0 Å². The second kappa shape index (κ2) is 15.7. The van der Waals surface area contributed by atoms with Crippen molar-refractivity contribution in [1.82, 2.24) is 15.5 Å². The van der Waals surface area contributed by atoms with Gasteiger partial charge in [-0.25, -0.2) is 0 Å². The highest BCUT2D eigenvalue weighted by atomic mass is 127. The molecule has 1 aromatic carbocycles. The Morgan fingerprint density at radius 1 is 1.12 bits per heavy atom. The monoisotopic (exact) mass is 528 g/mol. The fraction of sp³-hybridized carbons (Fsp3) is 0.588. The Hall–Kier alpha value is -0.580. The topological polar surface area (TPSA) is 58.1 Å². The molecule has 0 spiro atoms. The highest BCUT2D eigenvalue weighted by Crippen LogP contribution is 2.15. The largest absolute Gasteiger partial charge is 0.492 e. The van der Waals surface area contributed by atoms with Crippen LogP contribution >= 0.6 is 39.9 Å². The number of likely N-dealkylation sites (N-methyl/N-ethyl adjacent to an activating group) is 1. The molecule has 0 saturated carbocycles. The summed E-state index contributed by atoms with van der Waals surface area (Å²) in [6, 6.07) is 7.81. The van der Waals surface area contributed by atoms with E-state index in [4.69, 9.17) is 9.47 Å². The van der Waals surface area contributed by atoms with Crippen LogP contribution in [0.3, 0.4) is 0 Å². The highest BCUT2D eigenvalue weighted by molar-refractivity contribution is 14.0. The number of guanidine groups is 1. The number of hydrogen-bond donors (Lipinski definition) is 2. The molecule has 25 heavy (non-hydrogen) atoms. The lowest BCUT2D eigenvalue weighted by Gasteiger charge is -2.18. The van der Waals surface area contributed by atoms with E-state index in [1.54, 1.807) is 14.2 Å². The van der Waals surface area contributed by atoms with Gasteiger partial charge in [-0.05, 0) is 37.7 Å². The average molecular weight is 529 g/mol. The predicted molar refractivity (Wildman–Crippen MR) is 118 cm³/mol. The SMILES string of the molecule is CN=C(NCCOc1ccc(Br)cc1)NCCN(C)CCCOC.I. The summed E-state index contributed by atoms with van der Waals surface area (Å²) in [5.41, 5.74) is 0. The van der Waals surface area contributed by atoms with Crippen molar-refractivity contribution >= 4 is 45.9 Å². The molecule has 0 radical (unpaired) electrons. The zero-order valence-corrected chi connectivity index (χ0v) is 19.2. The molecule has 0 unspecified atom stereocenters. The van der Waals surface area contributed by atoms with Gasteiger partial charge in [0.05, 0.1) is 6.54 Å². The summed E-state index contributed by atoms with van der Waals surface area (Å²) in [5.74, 6) is 1.65. The fourth-order valence-corrected chi connectivity index (χ4v) is 2.31. The molecule has 0 aliphatic carbocycles. The Kier molecular flexibility index (Phi) is 15.3. The number of ether oxygens (including phenoxy) is 2. The average Bonchev–Trinajstić information content (AvgIpc) is 2.59. The van der Waals surface area contributed by atoms with E-state index in [0.29, 0.717) is 13.2 Å². The van der Waals surface area contributed by atoms with Gasteiger partial charge in [-0.1, -0.05) is 15.9 Å². The molecular weight excluding hydrogens is 499 g/mol. The van der Waals surface area contributed by atoms with Crippen LogP contribution in [0.4, 0.5) is 0 Å². The number of halogens is 2. The lowest BCUT2D eigenvalue weighted by molar-refractivity contribution is 0.180. The second-order valence-electron chi connectivity index (χ2n) is 5.38. The van der Waals surface area contributed by atoms with Gasteiger partial charge in [0.25, 0.3) is 0 Å². The predicted octanol–water partition coefficient (Wildman–Crippen LogP) is 2.58. The normalized spacial score (nSPS) is 11.2. The zero-order chi connectivity index (χ0) is 17.6. The molecule has 0 amide bonds. The van der Waals surface area contributed by atoms with Crippen LogP contribution in [-0.4, -0.2) is 71.5 Å². The van der Waals surface area contributed by atoms with Crippen LogP contribution in [0.15, 0.2) is 33.7 Å². The maximum atomic E-state index is 5.67. The number of hydrogen-bond acceptors (Lipinski definition) is 4. The summed E-state index contributed by atoms with van der Waals surface area (Å²) < 4.78 is 11.8. The van der Waals surface area contributed by atoms with E-state index in [0.717, 1.165) is 48.8 Å². The number of aliphatic imine (C=N–C) groups is 1. The number of methoxy groups -OCH3 is 1. The fourth-order valence-electron chi connectivity index (χ4n) is 2.05. The van der Waals surface area contributed by atoms with E-state index in [2.05, 4.69) is 43.5 Å². The van der Waals surface area contributed by atoms with E-state index >= 15 is 0 Å². The van der Waals surface area contributed by atoms with Crippen molar-refractivity contribution in [2.24, 2.45) is 4.99 Å². The van der Waals surface area contributed by atoms with Crippen molar-refractivity contribution in [1.29, 1.82) is 0 Å². The molecule has 0 atom stereocenters. The van der Waals surface area contributed by atoms with Gasteiger partial charge in [0.2, 0.25) is 0 Å². The van der Waals surface area contributed by atoms with Crippen LogP contribution in [0.25, 0.3) is 0 Å². The van der Waals surface area contributed by atoms with E-state index in [1.807, 2.05) is 24.3 Å². The van der Waals surface area contributed by atoms with Crippen molar-refractivity contribution in [3.63, 3.8) is 0 Å². The third-order valence-electron chi connectivity index (χ3n) is 3.37. The molecule has 0 aliphatic heterocycles. The molecule has 0 saturated heterocycles. The van der Waals surface area contributed by atoms with Crippen LogP contribution in [-0.2, 0) is 4.74 Å². The zero-order valence-electron chi connectivity index (χ0n) is 15.3.